The molecule has 0 fully saturated rings. The van der Waals surface area contributed by atoms with E-state index in [4.69, 9.17) is 5.11 Å². The number of carboxylic acid groups (broad SMARTS) is 1. The van der Waals surface area contributed by atoms with E-state index in [1.807, 2.05) is 20.8 Å². The third-order valence-corrected chi connectivity index (χ3v) is 3.69. The summed E-state index contributed by atoms with van der Waals surface area (Å²) in [5.41, 5.74) is -1.38. The predicted molar refractivity (Wildman–Crippen MR) is 71.2 cm³/mol. The van der Waals surface area contributed by atoms with Crippen LogP contribution >= 0.6 is 0 Å². The summed E-state index contributed by atoms with van der Waals surface area (Å²) in [7, 11) is 1.68. The monoisotopic (exact) mass is 289 g/mol. The number of hydrogen-bond donors (Lipinski definition) is 1. The number of benzene rings is 1. The number of anilines is 1. The molecule has 3 nitrogen and oxygen atoms in total. The molecule has 0 aliphatic heterocycles. The fourth-order valence-electron chi connectivity index (χ4n) is 1.74. The molecule has 0 radical (unpaired) electrons. The fourth-order valence-corrected chi connectivity index (χ4v) is 1.74. The van der Waals surface area contributed by atoms with Gasteiger partial charge in [0.1, 0.15) is 0 Å². The fraction of sp³-hybridized carbons (Fsp3) is 0.500. The minimum Gasteiger partial charge on any atom is -0.478 e. The Bertz CT molecular complexity index is 510. The quantitative estimate of drug-likeness (QED) is 0.909. The van der Waals surface area contributed by atoms with Gasteiger partial charge < -0.3 is 10.0 Å². The molecule has 0 heterocycles. The molecule has 0 aliphatic rings. The number of hydrogen-bond acceptors (Lipinski definition) is 2. The van der Waals surface area contributed by atoms with Crippen molar-refractivity contribution in [2.75, 3.05) is 11.9 Å². The van der Waals surface area contributed by atoms with Crippen molar-refractivity contribution in [2.45, 2.75) is 38.9 Å². The molecule has 0 bridgehead atoms. The zero-order valence-corrected chi connectivity index (χ0v) is 11.9. The summed E-state index contributed by atoms with van der Waals surface area (Å²) in [5, 5.41) is 9.15. The van der Waals surface area contributed by atoms with Gasteiger partial charge in [-0.25, -0.2) is 4.79 Å². The average molecular weight is 289 g/mol. The van der Waals surface area contributed by atoms with Crippen LogP contribution in [0.3, 0.4) is 0 Å². The second-order valence-corrected chi connectivity index (χ2v) is 5.26. The molecule has 1 rings (SSSR count). The van der Waals surface area contributed by atoms with Crippen LogP contribution in [0.1, 0.15) is 43.1 Å². The molecule has 0 amide bonds. The lowest BCUT2D eigenvalue weighted by molar-refractivity contribution is -0.137. The van der Waals surface area contributed by atoms with Gasteiger partial charge in [0.05, 0.1) is 16.8 Å². The van der Waals surface area contributed by atoms with Crippen LogP contribution in [-0.2, 0) is 6.18 Å². The summed E-state index contributed by atoms with van der Waals surface area (Å²) < 4.78 is 38.0. The molecule has 0 aliphatic carbocycles. The first-order valence-electron chi connectivity index (χ1n) is 6.19. The Morgan fingerprint density at radius 1 is 1.30 bits per heavy atom. The summed E-state index contributed by atoms with van der Waals surface area (Å²) in [6.07, 6.45) is -3.83. The lowest BCUT2D eigenvalue weighted by atomic mass is 9.97. The predicted octanol–water partition coefficient (Wildman–Crippen LogP) is 4.03. The van der Waals surface area contributed by atoms with E-state index in [1.165, 1.54) is 6.07 Å². The van der Waals surface area contributed by atoms with Crippen LogP contribution in [0, 0.1) is 0 Å². The number of nitrogens with zero attached hydrogens (tertiary/aromatic N) is 1. The Hall–Kier alpha value is -1.72. The summed E-state index contributed by atoms with van der Waals surface area (Å²) in [5.74, 6) is -1.37. The summed E-state index contributed by atoms with van der Waals surface area (Å²) in [6, 6.07) is 2.80. The van der Waals surface area contributed by atoms with Gasteiger partial charge in [-0.05, 0) is 38.5 Å². The second-order valence-electron chi connectivity index (χ2n) is 5.26. The molecule has 0 unspecified atom stereocenters. The average Bonchev–Trinajstić information content (AvgIpc) is 2.35. The SMILES string of the molecule is CCC(C)(C)N(C)c1ccc(C(F)(F)F)cc1C(=O)O. The molecule has 1 N–H and O–H groups in total. The van der Waals surface area contributed by atoms with Gasteiger partial charge in [0, 0.05) is 12.6 Å². The molecule has 0 aromatic heterocycles. The van der Waals surface area contributed by atoms with Gasteiger partial charge in [-0.2, -0.15) is 13.2 Å². The van der Waals surface area contributed by atoms with E-state index in [-0.39, 0.29) is 16.8 Å². The van der Waals surface area contributed by atoms with Gasteiger partial charge in [-0.15, -0.1) is 0 Å². The number of alkyl halides is 3. The Morgan fingerprint density at radius 3 is 2.25 bits per heavy atom. The topological polar surface area (TPSA) is 40.5 Å². The van der Waals surface area contributed by atoms with E-state index >= 15 is 0 Å². The maximum absolute atomic E-state index is 12.7. The van der Waals surface area contributed by atoms with Crippen LogP contribution in [0.25, 0.3) is 0 Å². The van der Waals surface area contributed by atoms with Crippen molar-refractivity contribution < 1.29 is 23.1 Å². The summed E-state index contributed by atoms with van der Waals surface area (Å²) in [4.78, 5) is 12.9. The van der Waals surface area contributed by atoms with Crippen LogP contribution in [0.4, 0.5) is 18.9 Å². The highest BCUT2D eigenvalue weighted by Gasteiger charge is 2.33. The van der Waals surface area contributed by atoms with Crippen molar-refractivity contribution in [3.8, 4) is 0 Å². The lowest BCUT2D eigenvalue weighted by Crippen LogP contribution is -2.41. The summed E-state index contributed by atoms with van der Waals surface area (Å²) >= 11 is 0. The molecule has 1 aromatic carbocycles. The van der Waals surface area contributed by atoms with Crippen molar-refractivity contribution in [1.82, 2.24) is 0 Å². The molecule has 0 saturated carbocycles. The normalized spacial score (nSPS) is 12.3. The molecule has 0 spiro atoms. The minimum absolute atomic E-state index is 0.275. The van der Waals surface area contributed by atoms with Crippen LogP contribution in [0.15, 0.2) is 18.2 Å². The van der Waals surface area contributed by atoms with Crippen molar-refractivity contribution in [2.24, 2.45) is 0 Å². The number of rotatable bonds is 4. The molecule has 6 heteroatoms. The zero-order valence-electron chi connectivity index (χ0n) is 11.9. The highest BCUT2D eigenvalue weighted by atomic mass is 19.4. The van der Waals surface area contributed by atoms with Gasteiger partial charge in [0.25, 0.3) is 0 Å². The zero-order chi connectivity index (χ0) is 15.7. The molecular weight excluding hydrogens is 271 g/mol. The molecule has 20 heavy (non-hydrogen) atoms. The van der Waals surface area contributed by atoms with E-state index in [2.05, 4.69) is 0 Å². The number of carboxylic acids is 1. The molecule has 112 valence electrons. The van der Waals surface area contributed by atoms with Gasteiger partial charge in [0.15, 0.2) is 0 Å². The highest BCUT2D eigenvalue weighted by molar-refractivity contribution is 5.95. The lowest BCUT2D eigenvalue weighted by Gasteiger charge is -2.37. The summed E-state index contributed by atoms with van der Waals surface area (Å²) in [6.45, 7) is 5.73. The Kier molecular flexibility index (Phi) is 4.36. The Morgan fingerprint density at radius 2 is 1.85 bits per heavy atom. The standard InChI is InChI=1S/C14H18F3NO2/c1-5-13(2,3)18(4)11-7-6-9(14(15,16)17)8-10(11)12(19)20/h6-8H,5H2,1-4H3,(H,19,20). The first-order chi connectivity index (χ1) is 9.00. The molecule has 0 atom stereocenters. The first-order valence-corrected chi connectivity index (χ1v) is 6.19. The van der Waals surface area contributed by atoms with Crippen LogP contribution in [-0.4, -0.2) is 23.7 Å². The largest absolute Gasteiger partial charge is 0.478 e. The molecule has 1 aromatic rings. The smallest absolute Gasteiger partial charge is 0.416 e. The van der Waals surface area contributed by atoms with Gasteiger partial charge in [0.2, 0.25) is 0 Å². The number of carbonyl (C=O) groups is 1. The maximum atomic E-state index is 12.7. The molecular formula is C14H18F3NO2. The minimum atomic E-state index is -4.55. The van der Waals surface area contributed by atoms with Gasteiger partial charge in [-0.1, -0.05) is 6.92 Å². The van der Waals surface area contributed by atoms with Crippen molar-refractivity contribution >= 4 is 11.7 Å². The second kappa shape index (κ2) is 5.34. The van der Waals surface area contributed by atoms with Crippen molar-refractivity contribution in [3.05, 3.63) is 29.3 Å². The first kappa shape index (κ1) is 16.3. The maximum Gasteiger partial charge on any atom is 0.416 e. The van der Waals surface area contributed by atoms with E-state index in [0.29, 0.717) is 6.07 Å². The van der Waals surface area contributed by atoms with Crippen molar-refractivity contribution in [3.63, 3.8) is 0 Å². The Balaban J connectivity index is 3.39. The third kappa shape index (κ3) is 3.23. The number of halogens is 3. The van der Waals surface area contributed by atoms with E-state index in [1.54, 1.807) is 11.9 Å². The van der Waals surface area contributed by atoms with Gasteiger partial charge >= 0.3 is 12.1 Å². The van der Waals surface area contributed by atoms with Crippen molar-refractivity contribution in [1.29, 1.82) is 0 Å². The van der Waals surface area contributed by atoms with Crippen LogP contribution in [0.2, 0.25) is 0 Å². The number of aromatic carboxylic acids is 1. The van der Waals surface area contributed by atoms with E-state index in [0.717, 1.165) is 12.5 Å². The Labute approximate surface area is 116 Å². The van der Waals surface area contributed by atoms with Gasteiger partial charge in [-0.3, -0.25) is 0 Å². The third-order valence-electron chi connectivity index (χ3n) is 3.69. The van der Waals surface area contributed by atoms with E-state index < -0.39 is 17.7 Å². The van der Waals surface area contributed by atoms with Crippen LogP contribution < -0.4 is 4.90 Å². The molecule has 0 saturated heterocycles. The van der Waals surface area contributed by atoms with Crippen LogP contribution in [0.5, 0.6) is 0 Å². The highest BCUT2D eigenvalue weighted by Crippen LogP contribution is 2.34. The van der Waals surface area contributed by atoms with E-state index in [9.17, 15) is 18.0 Å².